The van der Waals surface area contributed by atoms with Crippen LogP contribution in [0.1, 0.15) is 18.3 Å². The fraction of sp³-hybridized carbons (Fsp3) is 0.174. The monoisotopic (exact) mass is 440 g/mol. The maximum Gasteiger partial charge on any atom is 0.228 e. The van der Waals surface area contributed by atoms with E-state index < -0.39 is 0 Å². The predicted octanol–water partition coefficient (Wildman–Crippen LogP) is 3.57. The van der Waals surface area contributed by atoms with Gasteiger partial charge in [-0.2, -0.15) is 5.10 Å². The van der Waals surface area contributed by atoms with Crippen LogP contribution in [0.4, 0.5) is 11.8 Å². The Balaban J connectivity index is 1.35. The lowest BCUT2D eigenvalue weighted by Crippen LogP contribution is -2.11. The van der Waals surface area contributed by atoms with Crippen molar-refractivity contribution >= 4 is 17.4 Å². The highest BCUT2D eigenvalue weighted by molar-refractivity contribution is 5.67. The number of pyridine rings is 1. The topological polar surface area (TPSA) is 104 Å². The van der Waals surface area contributed by atoms with Crippen LogP contribution in [0.25, 0.3) is 16.9 Å². The summed E-state index contributed by atoms with van der Waals surface area (Å²) < 4.78 is 15.9. The van der Waals surface area contributed by atoms with Crippen LogP contribution in [-0.4, -0.2) is 41.0 Å². The number of aromatic nitrogens is 7. The quantitative estimate of drug-likeness (QED) is 0.442. The third kappa shape index (κ3) is 3.61. The predicted molar refractivity (Wildman–Crippen MR) is 120 cm³/mol. The summed E-state index contributed by atoms with van der Waals surface area (Å²) in [5, 5.41) is 16.1. The van der Waals surface area contributed by atoms with E-state index in [0.29, 0.717) is 36.3 Å². The molecule has 0 fully saturated rings. The molecular weight excluding hydrogens is 420 g/mol. The van der Waals surface area contributed by atoms with Gasteiger partial charge in [0.1, 0.15) is 11.6 Å². The number of anilines is 2. The number of ether oxygens (including phenoxy) is 2. The van der Waals surface area contributed by atoms with Crippen molar-refractivity contribution in [1.29, 1.82) is 0 Å². The van der Waals surface area contributed by atoms with E-state index in [1.807, 2.05) is 66.0 Å². The first kappa shape index (κ1) is 19.2. The van der Waals surface area contributed by atoms with Crippen LogP contribution in [0.2, 0.25) is 0 Å². The van der Waals surface area contributed by atoms with Gasteiger partial charge in [-0.25, -0.2) is 14.4 Å². The third-order valence-electron chi connectivity index (χ3n) is 5.45. The Morgan fingerprint density at radius 2 is 1.97 bits per heavy atom. The van der Waals surface area contributed by atoms with Gasteiger partial charge in [0, 0.05) is 37.4 Å². The number of para-hydroxylation sites is 1. The number of benzene rings is 1. The molecule has 0 spiro atoms. The molecule has 1 aliphatic rings. The molecule has 1 atom stereocenters. The lowest BCUT2D eigenvalue weighted by molar-refractivity contribution is 0.166. The van der Waals surface area contributed by atoms with Crippen molar-refractivity contribution in [3.8, 4) is 22.9 Å². The molecule has 4 aromatic heterocycles. The average molecular weight is 440 g/mol. The molecule has 0 saturated carbocycles. The summed E-state index contributed by atoms with van der Waals surface area (Å²) in [5.74, 6) is 3.43. The Hall–Kier alpha value is -4.47. The Kier molecular flexibility index (Phi) is 4.60. The third-order valence-corrected chi connectivity index (χ3v) is 5.45. The summed E-state index contributed by atoms with van der Waals surface area (Å²) in [6, 6.07) is 17.3. The Morgan fingerprint density at radius 3 is 2.82 bits per heavy atom. The zero-order valence-electron chi connectivity index (χ0n) is 17.8. The van der Waals surface area contributed by atoms with Crippen molar-refractivity contribution in [3.63, 3.8) is 0 Å². The zero-order chi connectivity index (χ0) is 22.2. The normalized spacial score (nSPS) is 15.1. The second-order valence-corrected chi connectivity index (χ2v) is 7.62. The molecular formula is C23H20N8O2. The van der Waals surface area contributed by atoms with Crippen molar-refractivity contribution in [2.45, 2.75) is 12.5 Å². The molecule has 0 radical (unpaired) electrons. The van der Waals surface area contributed by atoms with Crippen LogP contribution in [0, 0.1) is 0 Å². The maximum absolute atomic E-state index is 6.19. The molecule has 10 nitrogen and oxygen atoms in total. The highest BCUT2D eigenvalue weighted by Gasteiger charge is 2.26. The fourth-order valence-electron chi connectivity index (χ4n) is 3.83. The molecule has 1 N–H and O–H groups in total. The summed E-state index contributed by atoms with van der Waals surface area (Å²) in [6.07, 6.45) is 3.82. The van der Waals surface area contributed by atoms with E-state index in [9.17, 15) is 0 Å². The van der Waals surface area contributed by atoms with Crippen molar-refractivity contribution in [1.82, 2.24) is 34.3 Å². The van der Waals surface area contributed by atoms with Gasteiger partial charge in [-0.15, -0.1) is 10.2 Å². The smallest absolute Gasteiger partial charge is 0.228 e. The number of rotatable bonds is 5. The standard InChI is InChI=1S/C23H20N8O2/c1-30-19(8-11-25-30)27-23-24-10-7-17(26-23)15-13-20-28-29-22-18(33-16-5-3-2-4-6-16)9-12-32-21(14-15)31(20)22/h2-8,10-11,13-14,18H,9,12H2,1H3,(H,24,26,27)/t18-/m0/s1. The van der Waals surface area contributed by atoms with E-state index in [4.69, 9.17) is 9.47 Å². The van der Waals surface area contributed by atoms with Gasteiger partial charge in [-0.05, 0) is 24.3 Å². The molecule has 6 rings (SSSR count). The van der Waals surface area contributed by atoms with Gasteiger partial charge < -0.3 is 14.8 Å². The molecule has 164 valence electrons. The van der Waals surface area contributed by atoms with Crippen LogP contribution in [0.3, 0.4) is 0 Å². The summed E-state index contributed by atoms with van der Waals surface area (Å²) in [6.45, 7) is 0.497. The van der Waals surface area contributed by atoms with E-state index in [1.165, 1.54) is 0 Å². The van der Waals surface area contributed by atoms with Crippen LogP contribution >= 0.6 is 0 Å². The van der Waals surface area contributed by atoms with Crippen molar-refractivity contribution in [3.05, 3.63) is 72.8 Å². The zero-order valence-corrected chi connectivity index (χ0v) is 17.8. The minimum absolute atomic E-state index is 0.261. The molecule has 1 aromatic carbocycles. The van der Waals surface area contributed by atoms with Gasteiger partial charge in [0.25, 0.3) is 0 Å². The Bertz CT molecular complexity index is 1430. The maximum atomic E-state index is 6.19. The van der Waals surface area contributed by atoms with E-state index in [2.05, 4.69) is 30.6 Å². The summed E-state index contributed by atoms with van der Waals surface area (Å²) >= 11 is 0. The molecule has 1 aliphatic heterocycles. The largest absolute Gasteiger partial charge is 0.482 e. The van der Waals surface area contributed by atoms with E-state index >= 15 is 0 Å². The molecule has 0 unspecified atom stereocenters. The van der Waals surface area contributed by atoms with E-state index in [1.54, 1.807) is 17.1 Å². The number of hydrogen-bond donors (Lipinski definition) is 1. The van der Waals surface area contributed by atoms with Crippen LogP contribution in [0.5, 0.6) is 11.6 Å². The van der Waals surface area contributed by atoms with E-state index in [0.717, 1.165) is 22.8 Å². The SMILES string of the molecule is Cn1nccc1Nc1nccc(-c2cc3n4c(nnc4c2)[C@@H](Oc2ccccc2)CCO3)n1. The summed E-state index contributed by atoms with van der Waals surface area (Å²) in [7, 11) is 1.85. The Labute approximate surface area is 188 Å². The number of hydrogen-bond acceptors (Lipinski definition) is 8. The molecule has 5 aromatic rings. The number of nitrogens with zero attached hydrogens (tertiary/aromatic N) is 7. The van der Waals surface area contributed by atoms with Gasteiger partial charge in [0.05, 0.1) is 18.5 Å². The van der Waals surface area contributed by atoms with E-state index in [-0.39, 0.29) is 6.10 Å². The highest BCUT2D eigenvalue weighted by atomic mass is 16.5. The van der Waals surface area contributed by atoms with Gasteiger partial charge in [-0.3, -0.25) is 4.68 Å². The van der Waals surface area contributed by atoms with Gasteiger partial charge >= 0.3 is 0 Å². The van der Waals surface area contributed by atoms with Crippen molar-refractivity contribution in [2.24, 2.45) is 7.05 Å². The highest BCUT2D eigenvalue weighted by Crippen LogP contribution is 2.33. The van der Waals surface area contributed by atoms with Crippen LogP contribution < -0.4 is 14.8 Å². The molecule has 0 saturated heterocycles. The van der Waals surface area contributed by atoms with Crippen LogP contribution in [0.15, 0.2) is 67.0 Å². The van der Waals surface area contributed by atoms with Crippen molar-refractivity contribution in [2.75, 3.05) is 11.9 Å². The second-order valence-electron chi connectivity index (χ2n) is 7.62. The molecule has 0 aliphatic carbocycles. The minimum Gasteiger partial charge on any atom is -0.482 e. The summed E-state index contributed by atoms with van der Waals surface area (Å²) in [5.41, 5.74) is 2.26. The van der Waals surface area contributed by atoms with Gasteiger partial charge in [-0.1, -0.05) is 18.2 Å². The minimum atomic E-state index is -0.261. The first-order chi connectivity index (χ1) is 16.2. The van der Waals surface area contributed by atoms with Crippen LogP contribution in [-0.2, 0) is 7.05 Å². The molecule has 33 heavy (non-hydrogen) atoms. The first-order valence-corrected chi connectivity index (χ1v) is 10.6. The lowest BCUT2D eigenvalue weighted by Gasteiger charge is -2.15. The Morgan fingerprint density at radius 1 is 1.06 bits per heavy atom. The number of aryl methyl sites for hydroxylation is 1. The van der Waals surface area contributed by atoms with Gasteiger partial charge in [0.2, 0.25) is 11.8 Å². The second kappa shape index (κ2) is 7.90. The lowest BCUT2D eigenvalue weighted by atomic mass is 10.2. The average Bonchev–Trinajstić information content (AvgIpc) is 3.40. The molecule has 5 heterocycles. The number of nitrogens with one attached hydrogen (secondary N) is 1. The molecule has 10 heteroatoms. The molecule has 0 amide bonds. The van der Waals surface area contributed by atoms with Crippen molar-refractivity contribution < 1.29 is 9.47 Å². The first-order valence-electron chi connectivity index (χ1n) is 10.6. The molecule has 0 bridgehead atoms. The fourth-order valence-corrected chi connectivity index (χ4v) is 3.83. The summed E-state index contributed by atoms with van der Waals surface area (Å²) in [4.78, 5) is 8.98. The van der Waals surface area contributed by atoms with Gasteiger partial charge in [0.15, 0.2) is 17.6 Å².